The normalized spacial score (nSPS) is 23.7. The quantitative estimate of drug-likeness (QED) is 0.901. The molecule has 1 aromatic carbocycles. The van der Waals surface area contributed by atoms with Gasteiger partial charge < -0.3 is 5.32 Å². The molecule has 102 valence electrons. The Kier molecular flexibility index (Phi) is 4.57. The Hall–Kier alpha value is -1.37. The van der Waals surface area contributed by atoms with Gasteiger partial charge in [-0.05, 0) is 58.0 Å². The zero-order chi connectivity index (χ0) is 13.8. The highest BCUT2D eigenvalue weighted by atomic mass is 15.2. The van der Waals surface area contributed by atoms with Crippen LogP contribution < -0.4 is 5.32 Å². The van der Waals surface area contributed by atoms with Crippen LogP contribution in [-0.2, 0) is 0 Å². The summed E-state index contributed by atoms with van der Waals surface area (Å²) in [6, 6.07) is 11.3. The van der Waals surface area contributed by atoms with E-state index in [1.165, 1.54) is 12.0 Å². The predicted octanol–water partition coefficient (Wildman–Crippen LogP) is 2.55. The van der Waals surface area contributed by atoms with Gasteiger partial charge in [0.1, 0.15) is 0 Å². The minimum Gasteiger partial charge on any atom is -0.319 e. The van der Waals surface area contributed by atoms with Crippen molar-refractivity contribution < 1.29 is 0 Å². The van der Waals surface area contributed by atoms with Crippen LogP contribution in [0, 0.1) is 17.2 Å². The van der Waals surface area contributed by atoms with Crippen molar-refractivity contribution in [2.75, 3.05) is 20.1 Å². The number of benzene rings is 1. The molecule has 2 atom stereocenters. The lowest BCUT2D eigenvalue weighted by Crippen LogP contribution is -2.34. The number of nitrogens with zero attached hydrogens (tertiary/aromatic N) is 2. The molecule has 3 nitrogen and oxygen atoms in total. The van der Waals surface area contributed by atoms with Gasteiger partial charge in [0, 0.05) is 12.1 Å². The van der Waals surface area contributed by atoms with E-state index in [-0.39, 0.29) is 0 Å². The molecule has 1 saturated heterocycles. The lowest BCUT2D eigenvalue weighted by atomic mass is 9.90. The van der Waals surface area contributed by atoms with E-state index in [0.717, 1.165) is 18.7 Å². The number of rotatable bonds is 4. The van der Waals surface area contributed by atoms with Gasteiger partial charge in [-0.1, -0.05) is 18.2 Å². The first-order chi connectivity index (χ1) is 9.19. The maximum Gasteiger partial charge on any atom is 0.0995 e. The SMILES string of the molecule is CNCC1CCN(C(C)C)C1c1ccccc1C#N. The highest BCUT2D eigenvalue weighted by Crippen LogP contribution is 2.39. The highest BCUT2D eigenvalue weighted by Gasteiger charge is 2.37. The van der Waals surface area contributed by atoms with Gasteiger partial charge in [-0.15, -0.1) is 0 Å². The molecule has 0 radical (unpaired) electrons. The number of likely N-dealkylation sites (tertiary alicyclic amines) is 1. The average Bonchev–Trinajstić information content (AvgIpc) is 2.83. The fraction of sp³-hybridized carbons (Fsp3) is 0.562. The third kappa shape index (κ3) is 2.80. The minimum atomic E-state index is 0.364. The second kappa shape index (κ2) is 6.18. The predicted molar refractivity (Wildman–Crippen MR) is 77.8 cm³/mol. The summed E-state index contributed by atoms with van der Waals surface area (Å²) in [5.74, 6) is 0.585. The molecule has 0 saturated carbocycles. The van der Waals surface area contributed by atoms with E-state index in [0.29, 0.717) is 18.0 Å². The maximum absolute atomic E-state index is 9.34. The Morgan fingerprint density at radius 2 is 2.16 bits per heavy atom. The minimum absolute atomic E-state index is 0.364. The van der Waals surface area contributed by atoms with Crippen LogP contribution in [-0.4, -0.2) is 31.1 Å². The monoisotopic (exact) mass is 257 g/mol. The maximum atomic E-state index is 9.34. The molecule has 1 fully saturated rings. The number of nitriles is 1. The summed E-state index contributed by atoms with van der Waals surface area (Å²) < 4.78 is 0. The number of nitrogens with one attached hydrogen (secondary N) is 1. The van der Waals surface area contributed by atoms with Crippen LogP contribution in [0.5, 0.6) is 0 Å². The van der Waals surface area contributed by atoms with Crippen molar-refractivity contribution in [3.05, 3.63) is 35.4 Å². The topological polar surface area (TPSA) is 39.1 Å². The molecule has 0 amide bonds. The first-order valence-corrected chi connectivity index (χ1v) is 7.08. The number of hydrogen-bond acceptors (Lipinski definition) is 3. The smallest absolute Gasteiger partial charge is 0.0995 e. The van der Waals surface area contributed by atoms with Gasteiger partial charge in [-0.25, -0.2) is 0 Å². The van der Waals surface area contributed by atoms with Gasteiger partial charge in [0.2, 0.25) is 0 Å². The van der Waals surface area contributed by atoms with Crippen LogP contribution in [0.25, 0.3) is 0 Å². The van der Waals surface area contributed by atoms with E-state index in [2.05, 4.69) is 36.2 Å². The van der Waals surface area contributed by atoms with Crippen LogP contribution in [0.15, 0.2) is 24.3 Å². The first kappa shape index (κ1) is 14.0. The van der Waals surface area contributed by atoms with E-state index < -0.39 is 0 Å². The first-order valence-electron chi connectivity index (χ1n) is 7.08. The zero-order valence-electron chi connectivity index (χ0n) is 12.1. The molecule has 0 aliphatic carbocycles. The summed E-state index contributed by atoms with van der Waals surface area (Å²) in [4.78, 5) is 2.53. The average molecular weight is 257 g/mol. The Bertz CT molecular complexity index is 461. The summed E-state index contributed by atoms with van der Waals surface area (Å²) >= 11 is 0. The molecular weight excluding hydrogens is 234 g/mol. The summed E-state index contributed by atoms with van der Waals surface area (Å²) in [6.45, 7) is 6.61. The molecule has 0 aromatic heterocycles. The van der Waals surface area contributed by atoms with Crippen LogP contribution in [0.2, 0.25) is 0 Å². The van der Waals surface area contributed by atoms with Crippen LogP contribution in [0.3, 0.4) is 0 Å². The Morgan fingerprint density at radius 1 is 1.42 bits per heavy atom. The highest BCUT2D eigenvalue weighted by molar-refractivity contribution is 5.40. The van der Waals surface area contributed by atoms with E-state index in [4.69, 9.17) is 0 Å². The van der Waals surface area contributed by atoms with E-state index >= 15 is 0 Å². The molecule has 1 aliphatic rings. The van der Waals surface area contributed by atoms with Gasteiger partial charge in [0.05, 0.1) is 11.6 Å². The largest absolute Gasteiger partial charge is 0.319 e. The summed E-state index contributed by atoms with van der Waals surface area (Å²) in [5, 5.41) is 12.6. The van der Waals surface area contributed by atoms with Crippen LogP contribution >= 0.6 is 0 Å². The summed E-state index contributed by atoms with van der Waals surface area (Å²) in [7, 11) is 2.01. The molecule has 2 unspecified atom stereocenters. The van der Waals surface area contributed by atoms with Gasteiger partial charge in [-0.3, -0.25) is 4.90 Å². The van der Waals surface area contributed by atoms with Crippen molar-refractivity contribution in [3.8, 4) is 6.07 Å². The standard InChI is InChI=1S/C16H23N3/c1-12(2)19-9-8-14(11-18-3)16(19)15-7-5-4-6-13(15)10-17/h4-7,12,14,16,18H,8-9,11H2,1-3H3. The van der Waals surface area contributed by atoms with Crippen molar-refractivity contribution in [2.24, 2.45) is 5.92 Å². The molecule has 2 rings (SSSR count). The second-order valence-corrected chi connectivity index (χ2v) is 5.58. The van der Waals surface area contributed by atoms with Crippen molar-refractivity contribution in [2.45, 2.75) is 32.4 Å². The summed E-state index contributed by atoms with van der Waals surface area (Å²) in [5.41, 5.74) is 2.01. The number of hydrogen-bond donors (Lipinski definition) is 1. The van der Waals surface area contributed by atoms with Crippen molar-refractivity contribution in [1.82, 2.24) is 10.2 Å². The van der Waals surface area contributed by atoms with E-state index in [1.54, 1.807) is 0 Å². The fourth-order valence-corrected chi connectivity index (χ4v) is 3.23. The zero-order valence-corrected chi connectivity index (χ0v) is 12.1. The lowest BCUT2D eigenvalue weighted by Gasteiger charge is -2.32. The van der Waals surface area contributed by atoms with Crippen LogP contribution in [0.1, 0.15) is 37.4 Å². The third-order valence-corrected chi connectivity index (χ3v) is 4.09. The van der Waals surface area contributed by atoms with Crippen molar-refractivity contribution >= 4 is 0 Å². The fourth-order valence-electron chi connectivity index (χ4n) is 3.23. The molecule has 1 N–H and O–H groups in total. The van der Waals surface area contributed by atoms with E-state index in [9.17, 15) is 5.26 Å². The molecule has 3 heteroatoms. The third-order valence-electron chi connectivity index (χ3n) is 4.09. The molecule has 19 heavy (non-hydrogen) atoms. The van der Waals surface area contributed by atoms with Gasteiger partial charge in [-0.2, -0.15) is 5.26 Å². The lowest BCUT2D eigenvalue weighted by molar-refractivity contribution is 0.182. The van der Waals surface area contributed by atoms with E-state index in [1.807, 2.05) is 25.2 Å². The molecule has 1 aliphatic heterocycles. The van der Waals surface area contributed by atoms with Crippen molar-refractivity contribution in [1.29, 1.82) is 5.26 Å². The molecule has 1 aromatic rings. The Morgan fingerprint density at radius 3 is 2.79 bits per heavy atom. The van der Waals surface area contributed by atoms with Gasteiger partial charge >= 0.3 is 0 Å². The van der Waals surface area contributed by atoms with Gasteiger partial charge in [0.15, 0.2) is 0 Å². The molecule has 1 heterocycles. The summed E-state index contributed by atoms with van der Waals surface area (Å²) in [6.07, 6.45) is 1.20. The van der Waals surface area contributed by atoms with Gasteiger partial charge in [0.25, 0.3) is 0 Å². The molecule has 0 bridgehead atoms. The van der Waals surface area contributed by atoms with Crippen molar-refractivity contribution in [3.63, 3.8) is 0 Å². The Labute approximate surface area is 116 Å². The molecular formula is C16H23N3. The molecule has 0 spiro atoms. The van der Waals surface area contributed by atoms with Crippen LogP contribution in [0.4, 0.5) is 0 Å². The Balaban J connectivity index is 2.38. The second-order valence-electron chi connectivity index (χ2n) is 5.58.